The largest absolute Gasteiger partial charge is 0.277 e. The van der Waals surface area contributed by atoms with Crippen LogP contribution in [0.3, 0.4) is 0 Å². The highest BCUT2D eigenvalue weighted by atomic mass is 32.2. The van der Waals surface area contributed by atoms with E-state index in [1.807, 2.05) is 30.3 Å². The molecular formula is C17H15N5O2S. The molecule has 0 heterocycles. The van der Waals surface area contributed by atoms with E-state index >= 15 is 0 Å². The van der Waals surface area contributed by atoms with E-state index in [0.717, 1.165) is 5.56 Å². The number of sulfonamides is 1. The molecule has 1 N–H and O–H groups in total. The van der Waals surface area contributed by atoms with E-state index in [0.29, 0.717) is 5.69 Å². The lowest BCUT2D eigenvalue weighted by atomic mass is 10.2. The van der Waals surface area contributed by atoms with E-state index in [1.165, 1.54) is 35.6 Å². The molecule has 0 saturated heterocycles. The van der Waals surface area contributed by atoms with Gasteiger partial charge in [0.2, 0.25) is 15.7 Å². The maximum absolute atomic E-state index is 12.6. The van der Waals surface area contributed by atoms with Crippen molar-refractivity contribution in [2.75, 3.05) is 12.5 Å². The van der Waals surface area contributed by atoms with E-state index in [4.69, 9.17) is 10.5 Å². The Morgan fingerprint density at radius 1 is 1.08 bits per heavy atom. The van der Waals surface area contributed by atoms with Gasteiger partial charge in [0.25, 0.3) is 0 Å². The average molecular weight is 353 g/mol. The van der Waals surface area contributed by atoms with Gasteiger partial charge >= 0.3 is 0 Å². The van der Waals surface area contributed by atoms with E-state index in [9.17, 15) is 8.42 Å². The Hall–Kier alpha value is -3.20. The van der Waals surface area contributed by atoms with Crippen LogP contribution in [-0.4, -0.2) is 25.5 Å². The first-order chi connectivity index (χ1) is 12.0. The molecule has 0 saturated carbocycles. The van der Waals surface area contributed by atoms with Crippen LogP contribution in [0.15, 0.2) is 64.6 Å². The number of hydrogen-bond donors (Lipinski definition) is 1. The predicted octanol–water partition coefficient (Wildman–Crippen LogP) is 2.32. The van der Waals surface area contributed by atoms with Crippen molar-refractivity contribution in [2.45, 2.75) is 11.4 Å². The molecule has 0 aliphatic rings. The van der Waals surface area contributed by atoms with Gasteiger partial charge in [-0.15, -0.1) is 0 Å². The minimum absolute atomic E-state index is 0.140. The Morgan fingerprint density at radius 2 is 1.68 bits per heavy atom. The van der Waals surface area contributed by atoms with Crippen LogP contribution >= 0.6 is 0 Å². The third-order valence-corrected chi connectivity index (χ3v) is 5.14. The molecule has 0 bridgehead atoms. The topological polar surface area (TPSA) is 109 Å². The number of anilines is 1. The second-order valence-corrected chi connectivity index (χ2v) is 7.11. The molecule has 126 valence electrons. The first kappa shape index (κ1) is 18.1. The van der Waals surface area contributed by atoms with Crippen LogP contribution < -0.4 is 5.43 Å². The van der Waals surface area contributed by atoms with Crippen molar-refractivity contribution in [1.29, 1.82) is 10.5 Å². The Balaban J connectivity index is 2.13. The van der Waals surface area contributed by atoms with Gasteiger partial charge in [0.15, 0.2) is 0 Å². The molecule has 0 amide bonds. The average Bonchev–Trinajstić information content (AvgIpc) is 2.63. The minimum atomic E-state index is -3.63. The maximum Gasteiger partial charge on any atom is 0.243 e. The molecule has 0 atom stereocenters. The fourth-order valence-electron chi connectivity index (χ4n) is 2.00. The zero-order valence-corrected chi connectivity index (χ0v) is 14.2. The molecule has 25 heavy (non-hydrogen) atoms. The van der Waals surface area contributed by atoms with Crippen LogP contribution in [0.1, 0.15) is 5.56 Å². The summed E-state index contributed by atoms with van der Waals surface area (Å²) in [5.41, 5.74) is 3.56. The van der Waals surface area contributed by atoms with Gasteiger partial charge in [0.05, 0.1) is 10.6 Å². The molecule has 0 aliphatic carbocycles. The quantitative estimate of drug-likeness (QED) is 0.633. The Kier molecular flexibility index (Phi) is 5.85. The fourth-order valence-corrected chi connectivity index (χ4v) is 3.16. The number of hydrazone groups is 1. The van der Waals surface area contributed by atoms with Crippen molar-refractivity contribution in [3.8, 4) is 12.1 Å². The Morgan fingerprint density at radius 3 is 2.24 bits per heavy atom. The summed E-state index contributed by atoms with van der Waals surface area (Å²) in [4.78, 5) is 0.140. The Bertz CT molecular complexity index is 923. The summed E-state index contributed by atoms with van der Waals surface area (Å²) < 4.78 is 26.5. The second kappa shape index (κ2) is 8.06. The van der Waals surface area contributed by atoms with Gasteiger partial charge in [-0.3, -0.25) is 5.43 Å². The molecule has 0 radical (unpaired) electrons. The zero-order valence-electron chi connectivity index (χ0n) is 13.4. The molecule has 2 aromatic rings. The number of hydrogen-bond acceptors (Lipinski definition) is 6. The third kappa shape index (κ3) is 4.64. The van der Waals surface area contributed by atoms with Crippen LogP contribution in [0.25, 0.3) is 0 Å². The lowest BCUT2D eigenvalue weighted by molar-refractivity contribution is 0.467. The van der Waals surface area contributed by atoms with Gasteiger partial charge in [0, 0.05) is 13.6 Å². The lowest BCUT2D eigenvalue weighted by Crippen LogP contribution is -2.26. The van der Waals surface area contributed by atoms with E-state index < -0.39 is 10.0 Å². The van der Waals surface area contributed by atoms with Crippen molar-refractivity contribution < 1.29 is 8.42 Å². The predicted molar refractivity (Wildman–Crippen MR) is 93.8 cm³/mol. The minimum Gasteiger partial charge on any atom is -0.277 e. The van der Waals surface area contributed by atoms with Crippen molar-refractivity contribution >= 4 is 21.4 Å². The summed E-state index contributed by atoms with van der Waals surface area (Å²) in [6.07, 6.45) is 0. The van der Waals surface area contributed by atoms with Crippen molar-refractivity contribution in [1.82, 2.24) is 4.31 Å². The van der Waals surface area contributed by atoms with E-state index in [1.54, 1.807) is 12.1 Å². The molecular weight excluding hydrogens is 338 g/mol. The normalized spacial score (nSPS) is 10.6. The van der Waals surface area contributed by atoms with Gasteiger partial charge in [-0.2, -0.15) is 19.9 Å². The number of nitrogens with zero attached hydrogens (tertiary/aromatic N) is 4. The SMILES string of the molecule is CN(Cc1ccccc1)S(=O)(=O)c1ccc(NN=C(C#N)C#N)cc1. The van der Waals surface area contributed by atoms with E-state index in [-0.39, 0.29) is 17.2 Å². The van der Waals surface area contributed by atoms with Crippen LogP contribution in [0, 0.1) is 22.7 Å². The number of rotatable bonds is 6. The molecule has 0 aromatic heterocycles. The fraction of sp³-hybridized carbons (Fsp3) is 0.118. The number of nitriles is 2. The molecule has 8 heteroatoms. The highest BCUT2D eigenvalue weighted by Crippen LogP contribution is 2.19. The summed E-state index contributed by atoms with van der Waals surface area (Å²) >= 11 is 0. The first-order valence-corrected chi connectivity index (χ1v) is 8.65. The van der Waals surface area contributed by atoms with Gasteiger partial charge in [0.1, 0.15) is 12.1 Å². The van der Waals surface area contributed by atoms with Crippen LogP contribution in [0.2, 0.25) is 0 Å². The molecule has 0 spiro atoms. The third-order valence-electron chi connectivity index (χ3n) is 3.32. The molecule has 0 unspecified atom stereocenters. The van der Waals surface area contributed by atoms with Gasteiger partial charge in [-0.05, 0) is 29.8 Å². The molecule has 2 aromatic carbocycles. The summed E-state index contributed by atoms with van der Waals surface area (Å²) in [6.45, 7) is 0.265. The van der Waals surface area contributed by atoms with Crippen LogP contribution in [0.4, 0.5) is 5.69 Å². The standard InChI is InChI=1S/C17H15N5O2S/c1-22(13-14-5-3-2-4-6-14)25(23,24)17-9-7-15(8-10-17)20-21-16(11-18)12-19/h2-10,20H,13H2,1H3. The summed E-state index contributed by atoms with van der Waals surface area (Å²) in [5, 5.41) is 20.8. The molecule has 7 nitrogen and oxygen atoms in total. The number of benzene rings is 2. The van der Waals surface area contributed by atoms with Crippen LogP contribution in [0.5, 0.6) is 0 Å². The van der Waals surface area contributed by atoms with Crippen molar-refractivity contribution in [3.63, 3.8) is 0 Å². The number of nitrogens with one attached hydrogen (secondary N) is 1. The monoisotopic (exact) mass is 353 g/mol. The summed E-state index contributed by atoms with van der Waals surface area (Å²) in [7, 11) is -2.11. The lowest BCUT2D eigenvalue weighted by Gasteiger charge is -2.17. The van der Waals surface area contributed by atoms with E-state index in [2.05, 4.69) is 10.5 Å². The van der Waals surface area contributed by atoms with Crippen LogP contribution in [-0.2, 0) is 16.6 Å². The summed E-state index contributed by atoms with van der Waals surface area (Å²) in [5.74, 6) is 0. The molecule has 2 rings (SSSR count). The Labute approximate surface area is 146 Å². The highest BCUT2D eigenvalue weighted by molar-refractivity contribution is 7.89. The van der Waals surface area contributed by atoms with Gasteiger partial charge in [-0.1, -0.05) is 30.3 Å². The highest BCUT2D eigenvalue weighted by Gasteiger charge is 2.20. The van der Waals surface area contributed by atoms with Gasteiger partial charge < -0.3 is 0 Å². The first-order valence-electron chi connectivity index (χ1n) is 7.21. The van der Waals surface area contributed by atoms with Crippen molar-refractivity contribution in [2.24, 2.45) is 5.10 Å². The second-order valence-electron chi connectivity index (χ2n) is 5.07. The maximum atomic E-state index is 12.6. The van der Waals surface area contributed by atoms with Gasteiger partial charge in [-0.25, -0.2) is 8.42 Å². The smallest absolute Gasteiger partial charge is 0.243 e. The summed E-state index contributed by atoms with van der Waals surface area (Å²) in [6, 6.07) is 18.4. The van der Waals surface area contributed by atoms with Crippen molar-refractivity contribution in [3.05, 3.63) is 60.2 Å². The zero-order chi connectivity index (χ0) is 18.3. The molecule has 0 fully saturated rings. The molecule has 0 aliphatic heterocycles.